The fourth-order valence-corrected chi connectivity index (χ4v) is 3.66. The van der Waals surface area contributed by atoms with E-state index in [0.29, 0.717) is 37.1 Å². The molecule has 3 aromatic rings. The van der Waals surface area contributed by atoms with Crippen molar-refractivity contribution in [2.75, 3.05) is 20.3 Å². The van der Waals surface area contributed by atoms with E-state index in [9.17, 15) is 5.11 Å². The quantitative estimate of drug-likeness (QED) is 0.405. The number of rotatable bonds is 12. The molecule has 2 aromatic carbocycles. The van der Waals surface area contributed by atoms with E-state index in [1.54, 1.807) is 7.11 Å². The Labute approximate surface area is 202 Å². The van der Waals surface area contributed by atoms with Crippen molar-refractivity contribution < 1.29 is 19.3 Å². The molecule has 1 heterocycles. The van der Waals surface area contributed by atoms with Crippen LogP contribution in [0.1, 0.15) is 39.0 Å². The van der Waals surface area contributed by atoms with E-state index in [2.05, 4.69) is 18.7 Å². The van der Waals surface area contributed by atoms with Gasteiger partial charge in [0.25, 0.3) is 0 Å². The number of hydrogen-bond donors (Lipinski definition) is 1. The lowest BCUT2D eigenvalue weighted by Gasteiger charge is -2.29. The molecule has 0 aliphatic carbocycles. The Morgan fingerprint density at radius 3 is 2.24 bits per heavy atom. The second-order valence-electron chi connectivity index (χ2n) is 8.93. The van der Waals surface area contributed by atoms with Crippen molar-refractivity contribution in [1.29, 1.82) is 0 Å². The average Bonchev–Trinajstić information content (AvgIpc) is 3.13. The van der Waals surface area contributed by atoms with Crippen LogP contribution >= 0.6 is 0 Å². The number of methoxy groups -OCH3 is 1. The molecule has 3 rings (SSSR count). The van der Waals surface area contributed by atoms with Gasteiger partial charge in [-0.1, -0.05) is 30.3 Å². The van der Waals surface area contributed by atoms with Gasteiger partial charge in [-0.3, -0.25) is 4.90 Å². The van der Waals surface area contributed by atoms with Crippen molar-refractivity contribution in [2.45, 2.75) is 59.4 Å². The molecule has 7 heteroatoms. The summed E-state index contributed by atoms with van der Waals surface area (Å²) in [5, 5.41) is 15.4. The lowest BCUT2D eigenvalue weighted by atomic mass is 10.2. The molecule has 34 heavy (non-hydrogen) atoms. The first-order valence-corrected chi connectivity index (χ1v) is 11.8. The normalized spacial score (nSPS) is 12.5. The number of aliphatic hydroxyl groups excluding tert-OH is 1. The third-order valence-corrected chi connectivity index (χ3v) is 5.57. The maximum Gasteiger partial charge on any atom is 0.227 e. The van der Waals surface area contributed by atoms with Gasteiger partial charge in [0.15, 0.2) is 11.5 Å². The smallest absolute Gasteiger partial charge is 0.227 e. The lowest BCUT2D eigenvalue weighted by Crippen LogP contribution is -2.39. The van der Waals surface area contributed by atoms with Crippen LogP contribution in [0.2, 0.25) is 0 Å². The van der Waals surface area contributed by atoms with E-state index in [1.165, 1.54) is 0 Å². The molecule has 0 fully saturated rings. The molecule has 0 aliphatic heterocycles. The van der Waals surface area contributed by atoms with Crippen molar-refractivity contribution in [1.82, 2.24) is 14.7 Å². The summed E-state index contributed by atoms with van der Waals surface area (Å²) in [6.45, 7) is 11.5. The van der Waals surface area contributed by atoms with Crippen molar-refractivity contribution in [2.24, 2.45) is 0 Å². The van der Waals surface area contributed by atoms with Crippen LogP contribution in [0, 0.1) is 6.92 Å². The Balaban J connectivity index is 1.97. The van der Waals surface area contributed by atoms with Crippen LogP contribution in [0.4, 0.5) is 0 Å². The number of ether oxygens (including phenoxy) is 3. The first-order chi connectivity index (χ1) is 16.3. The molecule has 0 saturated heterocycles. The zero-order valence-electron chi connectivity index (χ0n) is 21.1. The van der Waals surface area contributed by atoms with Gasteiger partial charge in [-0.05, 0) is 58.9 Å². The number of aryl methyl sites for hydroxylation is 1. The summed E-state index contributed by atoms with van der Waals surface area (Å²) in [4.78, 5) is 2.21. The molecule has 0 aliphatic rings. The second-order valence-corrected chi connectivity index (χ2v) is 8.93. The Bertz CT molecular complexity index is 1030. The first-order valence-electron chi connectivity index (χ1n) is 11.8. The zero-order valence-corrected chi connectivity index (χ0v) is 21.1. The van der Waals surface area contributed by atoms with E-state index in [-0.39, 0.29) is 12.1 Å². The van der Waals surface area contributed by atoms with Crippen LogP contribution in [0.3, 0.4) is 0 Å². The molecule has 0 radical (unpaired) electrons. The summed E-state index contributed by atoms with van der Waals surface area (Å²) in [7, 11) is 1.63. The molecule has 1 atom stereocenters. The van der Waals surface area contributed by atoms with Gasteiger partial charge in [-0.25, -0.2) is 4.68 Å². The number of para-hydroxylation sites is 3. The van der Waals surface area contributed by atoms with Crippen LogP contribution in [0.25, 0.3) is 5.69 Å². The standard InChI is InChI=1S/C27H37N3O4/c1-19(2)29(16-23(31)18-33-20(3)4)17-24-21(5)28-30(22-12-8-7-9-13-22)27(24)34-26-15-11-10-14-25(26)32-6/h7-15,19-20,23,31H,16-18H2,1-6H3/t23-/m1/s1. The Kier molecular flexibility index (Phi) is 9.10. The van der Waals surface area contributed by atoms with E-state index in [0.717, 1.165) is 16.9 Å². The highest BCUT2D eigenvalue weighted by atomic mass is 16.5. The Morgan fingerprint density at radius 2 is 1.62 bits per heavy atom. The fourth-order valence-electron chi connectivity index (χ4n) is 3.66. The summed E-state index contributed by atoms with van der Waals surface area (Å²) in [5.41, 5.74) is 2.73. The molecule has 1 aromatic heterocycles. The molecule has 0 spiro atoms. The lowest BCUT2D eigenvalue weighted by molar-refractivity contribution is -0.0137. The number of nitrogens with zero attached hydrogens (tertiary/aromatic N) is 3. The zero-order chi connectivity index (χ0) is 24.7. The van der Waals surface area contributed by atoms with Gasteiger partial charge in [0.05, 0.1) is 42.9 Å². The van der Waals surface area contributed by atoms with Gasteiger partial charge in [0.2, 0.25) is 5.88 Å². The van der Waals surface area contributed by atoms with E-state index < -0.39 is 6.10 Å². The van der Waals surface area contributed by atoms with E-state index in [1.807, 2.05) is 80.1 Å². The van der Waals surface area contributed by atoms with Crippen LogP contribution in [0.15, 0.2) is 54.6 Å². The van der Waals surface area contributed by atoms with E-state index in [4.69, 9.17) is 19.3 Å². The Morgan fingerprint density at radius 1 is 0.971 bits per heavy atom. The van der Waals surface area contributed by atoms with Gasteiger partial charge in [-0.15, -0.1) is 0 Å². The minimum absolute atomic E-state index is 0.0781. The van der Waals surface area contributed by atoms with Crippen LogP contribution in [0.5, 0.6) is 17.4 Å². The SMILES string of the molecule is COc1ccccc1Oc1c(CN(C[C@@H](O)COC(C)C)C(C)C)c(C)nn1-c1ccccc1. The summed E-state index contributed by atoms with van der Waals surface area (Å²) in [6.07, 6.45) is -0.512. The second kappa shape index (κ2) is 12.0. The van der Waals surface area contributed by atoms with Crippen molar-refractivity contribution in [3.05, 3.63) is 65.9 Å². The van der Waals surface area contributed by atoms with Crippen molar-refractivity contribution >= 4 is 0 Å². The number of benzene rings is 2. The summed E-state index contributed by atoms with van der Waals surface area (Å²) >= 11 is 0. The highest BCUT2D eigenvalue weighted by Crippen LogP contribution is 2.36. The molecule has 7 nitrogen and oxygen atoms in total. The summed E-state index contributed by atoms with van der Waals surface area (Å²) in [5.74, 6) is 1.89. The van der Waals surface area contributed by atoms with Gasteiger partial charge in [0.1, 0.15) is 0 Å². The highest BCUT2D eigenvalue weighted by Gasteiger charge is 2.24. The molecule has 1 N–H and O–H groups in total. The number of hydrogen-bond acceptors (Lipinski definition) is 6. The third-order valence-electron chi connectivity index (χ3n) is 5.57. The van der Waals surface area contributed by atoms with Gasteiger partial charge < -0.3 is 19.3 Å². The predicted octanol–water partition coefficient (Wildman–Crippen LogP) is 4.98. The molecule has 0 saturated carbocycles. The minimum atomic E-state index is -0.590. The predicted molar refractivity (Wildman–Crippen MR) is 134 cm³/mol. The Hall–Kier alpha value is -2.87. The monoisotopic (exact) mass is 467 g/mol. The van der Waals surface area contributed by atoms with E-state index >= 15 is 0 Å². The maximum absolute atomic E-state index is 10.6. The van der Waals surface area contributed by atoms with Crippen LogP contribution in [-0.2, 0) is 11.3 Å². The summed E-state index contributed by atoms with van der Waals surface area (Å²) < 4.78 is 19.4. The molecule has 0 unspecified atom stereocenters. The van der Waals surface area contributed by atoms with Crippen molar-refractivity contribution in [3.63, 3.8) is 0 Å². The first kappa shape index (κ1) is 25.7. The molecular weight excluding hydrogens is 430 g/mol. The highest BCUT2D eigenvalue weighted by molar-refractivity contribution is 5.47. The fraction of sp³-hybridized carbons (Fsp3) is 0.444. The number of aliphatic hydroxyl groups is 1. The largest absolute Gasteiger partial charge is 0.493 e. The maximum atomic E-state index is 10.6. The van der Waals surface area contributed by atoms with Gasteiger partial charge in [-0.2, -0.15) is 5.10 Å². The molecule has 0 amide bonds. The van der Waals surface area contributed by atoms with Crippen molar-refractivity contribution in [3.8, 4) is 23.1 Å². The molecule has 184 valence electrons. The van der Waals surface area contributed by atoms with Gasteiger partial charge >= 0.3 is 0 Å². The van der Waals surface area contributed by atoms with Crippen LogP contribution in [-0.4, -0.2) is 58.3 Å². The van der Waals surface area contributed by atoms with Crippen LogP contribution < -0.4 is 9.47 Å². The summed E-state index contributed by atoms with van der Waals surface area (Å²) in [6, 6.07) is 17.7. The topological polar surface area (TPSA) is 69.0 Å². The molecule has 0 bridgehead atoms. The average molecular weight is 468 g/mol. The number of aromatic nitrogens is 2. The third kappa shape index (κ3) is 6.59. The molecular formula is C27H37N3O4. The minimum Gasteiger partial charge on any atom is -0.493 e. The van der Waals surface area contributed by atoms with Gasteiger partial charge in [0, 0.05) is 19.1 Å².